The molecule has 1 aliphatic rings. The molecule has 1 aromatic rings. The summed E-state index contributed by atoms with van der Waals surface area (Å²) in [6, 6.07) is 2.07. The maximum Gasteiger partial charge on any atom is 0.268 e. The molecule has 1 heterocycles. The number of aryl methyl sites for hydroxylation is 1. The normalized spacial score (nSPS) is 23.3. The number of nitrogens with zero attached hydrogens (tertiary/aromatic N) is 1. The van der Waals surface area contributed by atoms with Gasteiger partial charge >= 0.3 is 0 Å². The number of aromatic nitrogens is 1. The number of amides is 1. The van der Waals surface area contributed by atoms with E-state index in [1.807, 2.05) is 29.4 Å². The first-order valence-corrected chi connectivity index (χ1v) is 8.22. The van der Waals surface area contributed by atoms with Gasteiger partial charge in [-0.15, -0.1) is 0 Å². The van der Waals surface area contributed by atoms with Gasteiger partial charge in [-0.3, -0.25) is 4.79 Å². The van der Waals surface area contributed by atoms with Crippen LogP contribution in [0.4, 0.5) is 5.69 Å². The van der Waals surface area contributed by atoms with Crippen LogP contribution in [-0.4, -0.2) is 28.0 Å². The van der Waals surface area contributed by atoms with Gasteiger partial charge in [0.1, 0.15) is 5.69 Å². The Morgan fingerprint density at radius 2 is 2.16 bits per heavy atom. The Hall–Kier alpha value is -1.10. The van der Waals surface area contributed by atoms with E-state index >= 15 is 0 Å². The molecule has 0 bridgehead atoms. The lowest BCUT2D eigenvalue weighted by Crippen LogP contribution is -2.38. The monoisotopic (exact) mass is 281 g/mol. The third kappa shape index (κ3) is 3.47. The first-order valence-electron chi connectivity index (χ1n) is 6.93. The fourth-order valence-corrected chi connectivity index (χ4v) is 3.43. The second kappa shape index (κ2) is 6.37. The molecule has 4 nitrogen and oxygen atoms in total. The van der Waals surface area contributed by atoms with Gasteiger partial charge in [0.2, 0.25) is 0 Å². The van der Waals surface area contributed by atoms with Crippen LogP contribution in [-0.2, 0) is 6.54 Å². The number of rotatable bonds is 4. The molecule has 0 spiro atoms. The van der Waals surface area contributed by atoms with Gasteiger partial charge < -0.3 is 15.6 Å². The number of nitrogens with two attached hydrogens (primary N) is 1. The van der Waals surface area contributed by atoms with E-state index in [1.54, 1.807) is 6.07 Å². The molecular weight excluding hydrogens is 258 g/mol. The molecule has 0 aromatic carbocycles. The number of carbonyl (C=O) groups is 1. The molecule has 1 fully saturated rings. The number of nitrogens with one attached hydrogen (secondary N) is 1. The Bertz CT molecular complexity index is 436. The summed E-state index contributed by atoms with van der Waals surface area (Å²) >= 11 is 1.94. The molecule has 5 heteroatoms. The van der Waals surface area contributed by atoms with E-state index in [-0.39, 0.29) is 5.91 Å². The highest BCUT2D eigenvalue weighted by molar-refractivity contribution is 7.99. The minimum atomic E-state index is 0.00570. The minimum absolute atomic E-state index is 0.00570. The summed E-state index contributed by atoms with van der Waals surface area (Å²) in [5, 5.41) is 3.91. The number of anilines is 1. The quantitative estimate of drug-likeness (QED) is 0.891. The zero-order valence-corrected chi connectivity index (χ0v) is 12.5. The number of hydrogen-bond acceptors (Lipinski definition) is 3. The van der Waals surface area contributed by atoms with Crippen LogP contribution < -0.4 is 11.1 Å². The molecule has 0 unspecified atom stereocenters. The van der Waals surface area contributed by atoms with E-state index in [0.29, 0.717) is 17.4 Å². The molecule has 1 amide bonds. The molecule has 0 atom stereocenters. The molecular formula is C14H23N3OS. The van der Waals surface area contributed by atoms with Crippen molar-refractivity contribution in [3.63, 3.8) is 0 Å². The maximum atomic E-state index is 12.3. The SMILES string of the molecule is CCn1cc(N)cc1C(=O)NC1CCC(SC)CC1. The third-order valence-corrected chi connectivity index (χ3v) is 4.97. The molecule has 3 N–H and O–H groups in total. The van der Waals surface area contributed by atoms with E-state index in [4.69, 9.17) is 5.73 Å². The molecule has 1 saturated carbocycles. The molecule has 0 saturated heterocycles. The second-order valence-electron chi connectivity index (χ2n) is 5.13. The molecule has 2 rings (SSSR count). The van der Waals surface area contributed by atoms with E-state index in [1.165, 1.54) is 12.8 Å². The van der Waals surface area contributed by atoms with Crippen molar-refractivity contribution in [3.05, 3.63) is 18.0 Å². The fourth-order valence-electron chi connectivity index (χ4n) is 2.69. The number of nitrogen functional groups attached to an aromatic ring is 1. The summed E-state index contributed by atoms with van der Waals surface area (Å²) in [5.74, 6) is 0.00570. The van der Waals surface area contributed by atoms with Crippen LogP contribution in [0.25, 0.3) is 0 Å². The van der Waals surface area contributed by atoms with Gasteiger partial charge in [0.05, 0.1) is 5.69 Å². The standard InChI is InChI=1S/C14H23N3OS/c1-3-17-9-10(15)8-13(17)14(18)16-11-4-6-12(19-2)7-5-11/h8-9,11-12H,3-7,15H2,1-2H3,(H,16,18). The predicted molar refractivity (Wildman–Crippen MR) is 81.5 cm³/mol. The van der Waals surface area contributed by atoms with Crippen LogP contribution in [0.3, 0.4) is 0 Å². The van der Waals surface area contributed by atoms with Crippen LogP contribution in [0.5, 0.6) is 0 Å². The molecule has 0 radical (unpaired) electrons. The number of carbonyl (C=O) groups excluding carboxylic acids is 1. The summed E-state index contributed by atoms with van der Waals surface area (Å²) in [6.45, 7) is 2.78. The van der Waals surface area contributed by atoms with Crippen molar-refractivity contribution in [3.8, 4) is 0 Å². The van der Waals surface area contributed by atoms with Crippen molar-refractivity contribution in [2.75, 3.05) is 12.0 Å². The Kier molecular flexibility index (Phi) is 4.80. The van der Waals surface area contributed by atoms with E-state index in [2.05, 4.69) is 11.6 Å². The highest BCUT2D eigenvalue weighted by atomic mass is 32.2. The third-order valence-electron chi connectivity index (χ3n) is 3.83. The largest absolute Gasteiger partial charge is 0.397 e. The van der Waals surface area contributed by atoms with Crippen LogP contribution >= 0.6 is 11.8 Å². The van der Waals surface area contributed by atoms with Gasteiger partial charge in [-0.25, -0.2) is 0 Å². The summed E-state index contributed by atoms with van der Waals surface area (Å²) in [6.07, 6.45) is 8.55. The lowest BCUT2D eigenvalue weighted by molar-refractivity contribution is 0.0919. The van der Waals surface area contributed by atoms with Gasteiger partial charge in [0.15, 0.2) is 0 Å². The summed E-state index contributed by atoms with van der Waals surface area (Å²) in [4.78, 5) is 12.3. The van der Waals surface area contributed by atoms with Crippen LogP contribution in [0, 0.1) is 0 Å². The van der Waals surface area contributed by atoms with Gasteiger partial charge in [0, 0.05) is 24.0 Å². The van der Waals surface area contributed by atoms with Gasteiger partial charge in [-0.05, 0) is 44.9 Å². The Morgan fingerprint density at radius 3 is 2.74 bits per heavy atom. The molecule has 106 valence electrons. The zero-order valence-electron chi connectivity index (χ0n) is 11.7. The summed E-state index contributed by atoms with van der Waals surface area (Å²) in [7, 11) is 0. The zero-order chi connectivity index (χ0) is 13.8. The van der Waals surface area contributed by atoms with Crippen molar-refractivity contribution in [2.24, 2.45) is 0 Å². The first kappa shape index (κ1) is 14.3. The van der Waals surface area contributed by atoms with Crippen molar-refractivity contribution < 1.29 is 4.79 Å². The first-order chi connectivity index (χ1) is 9.13. The molecule has 1 aromatic heterocycles. The average molecular weight is 281 g/mol. The van der Waals surface area contributed by atoms with Crippen molar-refractivity contribution in [1.82, 2.24) is 9.88 Å². The lowest BCUT2D eigenvalue weighted by atomic mass is 9.95. The predicted octanol–water partition coefficient (Wildman–Crippen LogP) is 2.49. The smallest absolute Gasteiger partial charge is 0.268 e. The highest BCUT2D eigenvalue weighted by Crippen LogP contribution is 2.27. The minimum Gasteiger partial charge on any atom is -0.397 e. The molecule has 1 aliphatic carbocycles. The lowest BCUT2D eigenvalue weighted by Gasteiger charge is -2.28. The molecule has 0 aliphatic heterocycles. The van der Waals surface area contributed by atoms with E-state index in [0.717, 1.165) is 24.6 Å². The van der Waals surface area contributed by atoms with E-state index < -0.39 is 0 Å². The summed E-state index contributed by atoms with van der Waals surface area (Å²) < 4.78 is 1.90. The Labute approximate surface area is 119 Å². The summed E-state index contributed by atoms with van der Waals surface area (Å²) in [5.41, 5.74) is 7.08. The number of hydrogen-bond donors (Lipinski definition) is 2. The van der Waals surface area contributed by atoms with Crippen molar-refractivity contribution in [1.29, 1.82) is 0 Å². The van der Waals surface area contributed by atoms with Crippen LogP contribution in [0.2, 0.25) is 0 Å². The Morgan fingerprint density at radius 1 is 1.47 bits per heavy atom. The number of thioether (sulfide) groups is 1. The Balaban J connectivity index is 1.94. The van der Waals surface area contributed by atoms with Crippen molar-refractivity contribution in [2.45, 2.75) is 50.4 Å². The van der Waals surface area contributed by atoms with Gasteiger partial charge in [-0.1, -0.05) is 0 Å². The van der Waals surface area contributed by atoms with Gasteiger partial charge in [-0.2, -0.15) is 11.8 Å². The molecule has 19 heavy (non-hydrogen) atoms. The van der Waals surface area contributed by atoms with Gasteiger partial charge in [0.25, 0.3) is 5.91 Å². The van der Waals surface area contributed by atoms with Crippen LogP contribution in [0.1, 0.15) is 43.1 Å². The maximum absolute atomic E-state index is 12.3. The highest BCUT2D eigenvalue weighted by Gasteiger charge is 2.23. The van der Waals surface area contributed by atoms with E-state index in [9.17, 15) is 4.79 Å². The fraction of sp³-hybridized carbons (Fsp3) is 0.643. The average Bonchev–Trinajstić information content (AvgIpc) is 2.81. The topological polar surface area (TPSA) is 60.0 Å². The van der Waals surface area contributed by atoms with Crippen LogP contribution in [0.15, 0.2) is 12.3 Å². The van der Waals surface area contributed by atoms with Crippen molar-refractivity contribution >= 4 is 23.4 Å². The second-order valence-corrected chi connectivity index (χ2v) is 6.27.